The van der Waals surface area contributed by atoms with Crippen LogP contribution in [0, 0.1) is 5.92 Å². The molecule has 0 rings (SSSR count). The number of carbonyl (C=O) groups is 1. The van der Waals surface area contributed by atoms with Crippen molar-refractivity contribution in [2.75, 3.05) is 20.3 Å². The summed E-state index contributed by atoms with van der Waals surface area (Å²) < 4.78 is 4.89. The van der Waals surface area contributed by atoms with E-state index in [-0.39, 0.29) is 17.9 Å². The Hall–Kier alpha value is -0.610. The molecule has 2 unspecified atom stereocenters. The van der Waals surface area contributed by atoms with Gasteiger partial charge in [-0.2, -0.15) is 0 Å². The van der Waals surface area contributed by atoms with Gasteiger partial charge in [-0.25, -0.2) is 0 Å². The molecule has 0 heterocycles. The summed E-state index contributed by atoms with van der Waals surface area (Å²) in [5, 5.41) is 2.85. The molecule has 0 radical (unpaired) electrons. The van der Waals surface area contributed by atoms with E-state index < -0.39 is 0 Å². The highest BCUT2D eigenvalue weighted by Crippen LogP contribution is 1.99. The lowest BCUT2D eigenvalue weighted by Crippen LogP contribution is -2.35. The minimum atomic E-state index is 0.0113. The number of amides is 1. The van der Waals surface area contributed by atoms with E-state index in [2.05, 4.69) is 5.32 Å². The molecule has 0 aromatic heterocycles. The first-order chi connectivity index (χ1) is 6.61. The van der Waals surface area contributed by atoms with E-state index in [0.29, 0.717) is 13.2 Å². The molecule has 0 aliphatic carbocycles. The lowest BCUT2D eigenvalue weighted by molar-refractivity contribution is -0.124. The zero-order valence-electron chi connectivity index (χ0n) is 9.38. The number of carbonyl (C=O) groups excluding carboxylic acids is 1. The second-order valence-corrected chi connectivity index (χ2v) is 3.60. The number of ether oxygens (including phenoxy) is 1. The van der Waals surface area contributed by atoms with Gasteiger partial charge in [-0.15, -0.1) is 0 Å². The fourth-order valence-electron chi connectivity index (χ4n) is 1.04. The van der Waals surface area contributed by atoms with Crippen LogP contribution in [0.15, 0.2) is 0 Å². The molecule has 0 saturated heterocycles. The van der Waals surface area contributed by atoms with Gasteiger partial charge < -0.3 is 15.8 Å². The maximum absolute atomic E-state index is 11.3. The quantitative estimate of drug-likeness (QED) is 0.632. The molecule has 0 aliphatic heterocycles. The molecular weight excluding hydrogens is 180 g/mol. The maximum atomic E-state index is 11.3. The number of nitrogens with two attached hydrogens (primary N) is 1. The molecular formula is C10H22N2O2. The van der Waals surface area contributed by atoms with Crippen molar-refractivity contribution in [2.45, 2.75) is 32.7 Å². The van der Waals surface area contributed by atoms with Gasteiger partial charge in [0.05, 0.1) is 6.61 Å². The molecule has 4 heteroatoms. The SMILES string of the molecule is CCC(C)C(=O)NCCC(N)COC. The van der Waals surface area contributed by atoms with E-state index in [1.54, 1.807) is 7.11 Å². The van der Waals surface area contributed by atoms with Gasteiger partial charge in [-0.1, -0.05) is 13.8 Å². The van der Waals surface area contributed by atoms with Crippen molar-refractivity contribution in [3.05, 3.63) is 0 Å². The summed E-state index contributed by atoms with van der Waals surface area (Å²) in [4.78, 5) is 11.3. The first kappa shape index (κ1) is 13.4. The molecule has 0 bridgehead atoms. The summed E-state index contributed by atoms with van der Waals surface area (Å²) in [5.74, 6) is 0.200. The van der Waals surface area contributed by atoms with Crippen molar-refractivity contribution in [1.82, 2.24) is 5.32 Å². The molecule has 2 atom stereocenters. The molecule has 14 heavy (non-hydrogen) atoms. The first-order valence-electron chi connectivity index (χ1n) is 5.14. The first-order valence-corrected chi connectivity index (χ1v) is 5.14. The maximum Gasteiger partial charge on any atom is 0.222 e. The normalized spacial score (nSPS) is 14.9. The third kappa shape index (κ3) is 5.94. The summed E-state index contributed by atoms with van der Waals surface area (Å²) in [7, 11) is 1.62. The standard InChI is InChI=1S/C10H22N2O2/c1-4-8(2)10(13)12-6-5-9(11)7-14-3/h8-9H,4-7,11H2,1-3H3,(H,12,13). The fraction of sp³-hybridized carbons (Fsp3) is 0.900. The Morgan fingerprint density at radius 2 is 2.21 bits per heavy atom. The summed E-state index contributed by atoms with van der Waals surface area (Å²) in [6.45, 7) is 5.10. The van der Waals surface area contributed by atoms with Gasteiger partial charge in [0, 0.05) is 25.6 Å². The molecule has 0 fully saturated rings. The van der Waals surface area contributed by atoms with E-state index in [9.17, 15) is 4.79 Å². The van der Waals surface area contributed by atoms with E-state index in [1.165, 1.54) is 0 Å². The van der Waals surface area contributed by atoms with Crippen LogP contribution in [-0.2, 0) is 9.53 Å². The Kier molecular flexibility index (Phi) is 7.42. The Balaban J connectivity index is 3.48. The third-order valence-electron chi connectivity index (χ3n) is 2.26. The Bertz CT molecular complexity index is 162. The molecule has 0 aliphatic rings. The summed E-state index contributed by atoms with van der Waals surface area (Å²) in [6, 6.07) is 0.0113. The number of hydrogen-bond donors (Lipinski definition) is 2. The smallest absolute Gasteiger partial charge is 0.222 e. The zero-order valence-corrected chi connectivity index (χ0v) is 9.38. The van der Waals surface area contributed by atoms with E-state index >= 15 is 0 Å². The van der Waals surface area contributed by atoms with Crippen molar-refractivity contribution in [2.24, 2.45) is 11.7 Å². The summed E-state index contributed by atoms with van der Waals surface area (Å²) in [5.41, 5.74) is 5.70. The van der Waals surface area contributed by atoms with Crippen LogP contribution < -0.4 is 11.1 Å². The van der Waals surface area contributed by atoms with Crippen molar-refractivity contribution >= 4 is 5.91 Å². The second-order valence-electron chi connectivity index (χ2n) is 3.60. The molecule has 0 aromatic rings. The minimum Gasteiger partial charge on any atom is -0.383 e. The minimum absolute atomic E-state index is 0.0113. The molecule has 1 amide bonds. The number of rotatable bonds is 7. The number of nitrogens with one attached hydrogen (secondary N) is 1. The van der Waals surface area contributed by atoms with Crippen LogP contribution in [0.2, 0.25) is 0 Å². The van der Waals surface area contributed by atoms with Crippen molar-refractivity contribution in [3.8, 4) is 0 Å². The Labute approximate surface area is 86.2 Å². The van der Waals surface area contributed by atoms with Crippen LogP contribution in [0.4, 0.5) is 0 Å². The van der Waals surface area contributed by atoms with Crippen LogP contribution in [0.25, 0.3) is 0 Å². The van der Waals surface area contributed by atoms with Gasteiger partial charge in [0.1, 0.15) is 0 Å². The van der Waals surface area contributed by atoms with Crippen LogP contribution in [0.3, 0.4) is 0 Å². The largest absolute Gasteiger partial charge is 0.383 e. The Morgan fingerprint density at radius 1 is 1.57 bits per heavy atom. The molecule has 0 aromatic carbocycles. The van der Waals surface area contributed by atoms with Gasteiger partial charge in [0.25, 0.3) is 0 Å². The fourth-order valence-corrected chi connectivity index (χ4v) is 1.04. The zero-order chi connectivity index (χ0) is 11.0. The van der Waals surface area contributed by atoms with Crippen LogP contribution >= 0.6 is 0 Å². The predicted octanol–water partition coefficient (Wildman–Crippen LogP) is 0.513. The number of methoxy groups -OCH3 is 1. The molecule has 3 N–H and O–H groups in total. The van der Waals surface area contributed by atoms with E-state index in [0.717, 1.165) is 12.8 Å². The summed E-state index contributed by atoms with van der Waals surface area (Å²) in [6.07, 6.45) is 1.63. The Morgan fingerprint density at radius 3 is 2.71 bits per heavy atom. The second kappa shape index (κ2) is 7.76. The monoisotopic (exact) mass is 202 g/mol. The van der Waals surface area contributed by atoms with Gasteiger partial charge in [0.2, 0.25) is 5.91 Å². The average molecular weight is 202 g/mol. The van der Waals surface area contributed by atoms with E-state index in [4.69, 9.17) is 10.5 Å². The van der Waals surface area contributed by atoms with Crippen LogP contribution in [0.1, 0.15) is 26.7 Å². The molecule has 0 spiro atoms. The third-order valence-corrected chi connectivity index (χ3v) is 2.26. The molecule has 84 valence electrons. The van der Waals surface area contributed by atoms with Crippen molar-refractivity contribution in [3.63, 3.8) is 0 Å². The van der Waals surface area contributed by atoms with Crippen LogP contribution in [-0.4, -0.2) is 32.2 Å². The topological polar surface area (TPSA) is 64.4 Å². The average Bonchev–Trinajstić information content (AvgIpc) is 2.16. The lowest BCUT2D eigenvalue weighted by atomic mass is 10.1. The van der Waals surface area contributed by atoms with Gasteiger partial charge >= 0.3 is 0 Å². The molecule has 4 nitrogen and oxygen atoms in total. The lowest BCUT2D eigenvalue weighted by Gasteiger charge is -2.13. The van der Waals surface area contributed by atoms with Gasteiger partial charge in [-0.3, -0.25) is 4.79 Å². The molecule has 0 saturated carbocycles. The van der Waals surface area contributed by atoms with Crippen LogP contribution in [0.5, 0.6) is 0 Å². The number of hydrogen-bond acceptors (Lipinski definition) is 3. The predicted molar refractivity (Wildman–Crippen MR) is 56.9 cm³/mol. The van der Waals surface area contributed by atoms with Gasteiger partial charge in [-0.05, 0) is 12.8 Å². The van der Waals surface area contributed by atoms with Crippen molar-refractivity contribution < 1.29 is 9.53 Å². The van der Waals surface area contributed by atoms with Crippen molar-refractivity contribution in [1.29, 1.82) is 0 Å². The highest BCUT2D eigenvalue weighted by atomic mass is 16.5. The van der Waals surface area contributed by atoms with Gasteiger partial charge in [0.15, 0.2) is 0 Å². The highest BCUT2D eigenvalue weighted by Gasteiger charge is 2.09. The summed E-state index contributed by atoms with van der Waals surface area (Å²) >= 11 is 0. The highest BCUT2D eigenvalue weighted by molar-refractivity contribution is 5.78. The van der Waals surface area contributed by atoms with E-state index in [1.807, 2.05) is 13.8 Å².